The van der Waals surface area contributed by atoms with Gasteiger partial charge in [-0.15, -0.1) is 0 Å². The van der Waals surface area contributed by atoms with Crippen molar-refractivity contribution < 1.29 is 14.3 Å². The Bertz CT molecular complexity index is 699. The van der Waals surface area contributed by atoms with E-state index in [1.165, 1.54) is 0 Å². The maximum atomic E-state index is 11.7. The van der Waals surface area contributed by atoms with Gasteiger partial charge in [0, 0.05) is 6.42 Å². The monoisotopic (exact) mass is 326 g/mol. The number of nitrogens with one attached hydrogen (secondary N) is 2. The molecule has 126 valence electrons. The first-order chi connectivity index (χ1) is 11.5. The van der Waals surface area contributed by atoms with Crippen LogP contribution in [0.2, 0.25) is 0 Å². The van der Waals surface area contributed by atoms with Crippen LogP contribution in [0.5, 0.6) is 5.75 Å². The fraction of sp³-hybridized carbons (Fsp3) is 0.263. The summed E-state index contributed by atoms with van der Waals surface area (Å²) < 4.78 is 5.45. The molecule has 0 saturated heterocycles. The lowest BCUT2D eigenvalue weighted by atomic mass is 10.1. The second-order valence-electron chi connectivity index (χ2n) is 5.64. The molecule has 0 aliphatic carbocycles. The Morgan fingerprint density at radius 3 is 2.38 bits per heavy atom. The van der Waals surface area contributed by atoms with Crippen molar-refractivity contribution in [3.63, 3.8) is 0 Å². The first kappa shape index (κ1) is 17.5. The quantitative estimate of drug-likeness (QED) is 0.801. The summed E-state index contributed by atoms with van der Waals surface area (Å²) in [4.78, 5) is 23.4. The van der Waals surface area contributed by atoms with Gasteiger partial charge in [-0.3, -0.25) is 20.4 Å². The molecule has 2 aromatic rings. The molecule has 0 heterocycles. The fourth-order valence-electron chi connectivity index (χ4n) is 2.25. The van der Waals surface area contributed by atoms with E-state index < -0.39 is 5.91 Å². The van der Waals surface area contributed by atoms with Crippen molar-refractivity contribution in [3.8, 4) is 5.75 Å². The normalized spacial score (nSPS) is 10.1. The van der Waals surface area contributed by atoms with Gasteiger partial charge in [-0.1, -0.05) is 48.0 Å². The smallest absolute Gasteiger partial charge is 0.276 e. The molecule has 2 rings (SSSR count). The molecule has 0 saturated carbocycles. The average molecular weight is 326 g/mol. The Kier molecular flexibility index (Phi) is 6.37. The van der Waals surface area contributed by atoms with Crippen LogP contribution in [0.4, 0.5) is 0 Å². The Balaban J connectivity index is 1.68. The van der Waals surface area contributed by atoms with Crippen molar-refractivity contribution in [2.24, 2.45) is 0 Å². The number of rotatable bonds is 6. The molecule has 0 unspecified atom stereocenters. The number of aryl methyl sites for hydroxylation is 3. The van der Waals surface area contributed by atoms with E-state index in [1.807, 2.05) is 62.4 Å². The average Bonchev–Trinajstić information content (AvgIpc) is 2.58. The molecule has 5 nitrogen and oxygen atoms in total. The number of carbonyl (C=O) groups excluding carboxylic acids is 2. The molecule has 24 heavy (non-hydrogen) atoms. The van der Waals surface area contributed by atoms with E-state index >= 15 is 0 Å². The minimum atomic E-state index is -0.400. The summed E-state index contributed by atoms with van der Waals surface area (Å²) in [6.07, 6.45) is 0.934. The van der Waals surface area contributed by atoms with Crippen molar-refractivity contribution in [2.75, 3.05) is 6.61 Å². The van der Waals surface area contributed by atoms with E-state index in [-0.39, 0.29) is 12.5 Å². The summed E-state index contributed by atoms with van der Waals surface area (Å²) in [5, 5.41) is 0. The van der Waals surface area contributed by atoms with Gasteiger partial charge in [0.1, 0.15) is 5.75 Å². The molecule has 0 aromatic heterocycles. The van der Waals surface area contributed by atoms with Crippen LogP contribution < -0.4 is 15.6 Å². The SMILES string of the molecule is Cc1ccc(OCC(=O)NNC(=O)CCc2ccccc2)c(C)c1. The fourth-order valence-corrected chi connectivity index (χ4v) is 2.25. The zero-order valence-electron chi connectivity index (χ0n) is 14.0. The highest BCUT2D eigenvalue weighted by Crippen LogP contribution is 2.18. The Hall–Kier alpha value is -2.82. The van der Waals surface area contributed by atoms with Crippen LogP contribution >= 0.6 is 0 Å². The number of amides is 2. The highest BCUT2D eigenvalue weighted by atomic mass is 16.5. The van der Waals surface area contributed by atoms with Crippen molar-refractivity contribution in [2.45, 2.75) is 26.7 Å². The first-order valence-corrected chi connectivity index (χ1v) is 7.86. The van der Waals surface area contributed by atoms with Gasteiger partial charge in [0.05, 0.1) is 0 Å². The summed E-state index contributed by atoms with van der Waals surface area (Å²) >= 11 is 0. The van der Waals surface area contributed by atoms with Gasteiger partial charge >= 0.3 is 0 Å². The maximum absolute atomic E-state index is 11.7. The second kappa shape index (κ2) is 8.72. The molecule has 0 bridgehead atoms. The minimum Gasteiger partial charge on any atom is -0.483 e. The van der Waals surface area contributed by atoms with Crippen molar-refractivity contribution in [3.05, 3.63) is 65.2 Å². The number of hydrazine groups is 1. The Labute approximate surface area is 142 Å². The Morgan fingerprint density at radius 1 is 0.958 bits per heavy atom. The summed E-state index contributed by atoms with van der Waals surface area (Å²) in [5.74, 6) is 0.0212. The molecule has 2 aromatic carbocycles. The van der Waals surface area contributed by atoms with Gasteiger partial charge in [0.25, 0.3) is 5.91 Å². The number of ether oxygens (including phenoxy) is 1. The molecule has 0 aliphatic heterocycles. The van der Waals surface area contributed by atoms with Gasteiger partial charge in [-0.05, 0) is 37.5 Å². The topological polar surface area (TPSA) is 67.4 Å². The van der Waals surface area contributed by atoms with Crippen LogP contribution in [0.1, 0.15) is 23.1 Å². The van der Waals surface area contributed by atoms with Gasteiger partial charge in [0.15, 0.2) is 6.61 Å². The van der Waals surface area contributed by atoms with Gasteiger partial charge in [0.2, 0.25) is 5.91 Å². The third-order valence-electron chi connectivity index (χ3n) is 3.51. The number of carbonyl (C=O) groups is 2. The summed E-state index contributed by atoms with van der Waals surface area (Å²) in [7, 11) is 0. The first-order valence-electron chi connectivity index (χ1n) is 7.86. The molecule has 2 N–H and O–H groups in total. The molecule has 0 spiro atoms. The van der Waals surface area contributed by atoms with E-state index in [9.17, 15) is 9.59 Å². The largest absolute Gasteiger partial charge is 0.483 e. The summed E-state index contributed by atoms with van der Waals surface area (Å²) in [6, 6.07) is 15.5. The van der Waals surface area contributed by atoms with Crippen LogP contribution in [0, 0.1) is 13.8 Å². The van der Waals surface area contributed by atoms with E-state index in [0.717, 1.165) is 16.7 Å². The molecule has 2 amide bonds. The highest BCUT2D eigenvalue weighted by molar-refractivity contribution is 5.82. The van der Waals surface area contributed by atoms with E-state index in [2.05, 4.69) is 10.9 Å². The lowest BCUT2D eigenvalue weighted by Crippen LogP contribution is -2.43. The standard InChI is InChI=1S/C19H22N2O3/c1-14-8-10-17(15(2)12-14)24-13-19(23)21-20-18(22)11-9-16-6-4-3-5-7-16/h3-8,10,12H,9,11,13H2,1-2H3,(H,20,22)(H,21,23). The van der Waals surface area contributed by atoms with E-state index in [0.29, 0.717) is 18.6 Å². The highest BCUT2D eigenvalue weighted by Gasteiger charge is 2.07. The van der Waals surface area contributed by atoms with Crippen LogP contribution in [0.15, 0.2) is 48.5 Å². The van der Waals surface area contributed by atoms with E-state index in [4.69, 9.17) is 4.74 Å². The second-order valence-corrected chi connectivity index (χ2v) is 5.64. The lowest BCUT2D eigenvalue weighted by Gasteiger charge is -2.11. The molecular formula is C19H22N2O3. The van der Waals surface area contributed by atoms with Crippen molar-refractivity contribution in [1.82, 2.24) is 10.9 Å². The number of hydrogen-bond donors (Lipinski definition) is 2. The third-order valence-corrected chi connectivity index (χ3v) is 3.51. The molecule has 0 radical (unpaired) electrons. The zero-order chi connectivity index (χ0) is 17.4. The molecule has 5 heteroatoms. The van der Waals surface area contributed by atoms with Gasteiger partial charge in [-0.25, -0.2) is 0 Å². The van der Waals surface area contributed by atoms with Crippen molar-refractivity contribution >= 4 is 11.8 Å². The molecule has 0 aliphatic rings. The van der Waals surface area contributed by atoms with Gasteiger partial charge in [-0.2, -0.15) is 0 Å². The lowest BCUT2D eigenvalue weighted by molar-refractivity contribution is -0.130. The number of hydrogen-bond acceptors (Lipinski definition) is 3. The minimum absolute atomic E-state index is 0.150. The molecular weight excluding hydrogens is 304 g/mol. The van der Waals surface area contributed by atoms with E-state index in [1.54, 1.807) is 0 Å². The van der Waals surface area contributed by atoms with Gasteiger partial charge < -0.3 is 4.74 Å². The number of benzene rings is 2. The Morgan fingerprint density at radius 2 is 1.67 bits per heavy atom. The predicted octanol–water partition coefficient (Wildman–Crippen LogP) is 2.46. The molecule has 0 atom stereocenters. The van der Waals surface area contributed by atoms with Crippen LogP contribution in [0.3, 0.4) is 0 Å². The summed E-state index contributed by atoms with van der Waals surface area (Å²) in [5.41, 5.74) is 7.93. The van der Waals surface area contributed by atoms with Crippen LogP contribution in [-0.4, -0.2) is 18.4 Å². The van der Waals surface area contributed by atoms with Crippen LogP contribution in [-0.2, 0) is 16.0 Å². The maximum Gasteiger partial charge on any atom is 0.276 e. The third kappa shape index (κ3) is 5.76. The molecule has 0 fully saturated rings. The van der Waals surface area contributed by atoms with Crippen LogP contribution in [0.25, 0.3) is 0 Å². The van der Waals surface area contributed by atoms with Crippen molar-refractivity contribution in [1.29, 1.82) is 0 Å². The zero-order valence-corrected chi connectivity index (χ0v) is 14.0. The summed E-state index contributed by atoms with van der Waals surface area (Å²) in [6.45, 7) is 3.77. The predicted molar refractivity (Wildman–Crippen MR) is 92.5 cm³/mol.